The third-order valence-electron chi connectivity index (χ3n) is 2.34. The maximum absolute atomic E-state index is 10.3. The fourth-order valence-corrected chi connectivity index (χ4v) is 1.48. The highest BCUT2D eigenvalue weighted by Gasteiger charge is 2.05. The van der Waals surface area contributed by atoms with Gasteiger partial charge in [-0.15, -0.1) is 0 Å². The summed E-state index contributed by atoms with van der Waals surface area (Å²) in [6.07, 6.45) is 3.56. The van der Waals surface area contributed by atoms with Gasteiger partial charge >= 0.3 is 5.97 Å². The summed E-state index contributed by atoms with van der Waals surface area (Å²) >= 11 is 0. The molecule has 1 aromatic rings. The summed E-state index contributed by atoms with van der Waals surface area (Å²) < 4.78 is 1.93. The van der Waals surface area contributed by atoms with Crippen LogP contribution in [0.15, 0.2) is 6.20 Å². The summed E-state index contributed by atoms with van der Waals surface area (Å²) in [4.78, 5) is 10.3. The summed E-state index contributed by atoms with van der Waals surface area (Å²) in [7, 11) is 0. The first-order valence-corrected chi connectivity index (χ1v) is 4.88. The average molecular weight is 196 g/mol. The largest absolute Gasteiger partial charge is 0.481 e. The minimum Gasteiger partial charge on any atom is -0.481 e. The third-order valence-corrected chi connectivity index (χ3v) is 2.34. The fourth-order valence-electron chi connectivity index (χ4n) is 1.48. The molecule has 0 amide bonds. The number of hydrogen-bond acceptors (Lipinski definition) is 2. The van der Waals surface area contributed by atoms with E-state index in [0.29, 0.717) is 6.42 Å². The first-order chi connectivity index (χ1) is 6.65. The number of hydrogen-bond donors (Lipinski definition) is 1. The fraction of sp³-hybridized carbons (Fsp3) is 0.600. The van der Waals surface area contributed by atoms with E-state index in [1.165, 1.54) is 0 Å². The van der Waals surface area contributed by atoms with Gasteiger partial charge < -0.3 is 5.11 Å². The first kappa shape index (κ1) is 10.8. The summed E-state index contributed by atoms with van der Waals surface area (Å²) in [5, 5.41) is 12.7. The SMILES string of the molecule is CCn1ncc(CCCC(=O)O)c1C. The van der Waals surface area contributed by atoms with E-state index in [0.717, 1.165) is 24.2 Å². The Bertz CT molecular complexity index is 318. The lowest BCUT2D eigenvalue weighted by Crippen LogP contribution is -2.00. The Morgan fingerprint density at radius 2 is 2.36 bits per heavy atom. The van der Waals surface area contributed by atoms with Crippen molar-refractivity contribution in [2.24, 2.45) is 0 Å². The molecule has 1 heterocycles. The monoisotopic (exact) mass is 196 g/mol. The van der Waals surface area contributed by atoms with Crippen molar-refractivity contribution in [2.75, 3.05) is 0 Å². The first-order valence-electron chi connectivity index (χ1n) is 4.88. The predicted molar refractivity (Wildman–Crippen MR) is 53.2 cm³/mol. The normalized spacial score (nSPS) is 10.4. The van der Waals surface area contributed by atoms with E-state index in [9.17, 15) is 4.79 Å². The summed E-state index contributed by atoms with van der Waals surface area (Å²) in [5.41, 5.74) is 2.31. The highest BCUT2D eigenvalue weighted by molar-refractivity contribution is 5.66. The van der Waals surface area contributed by atoms with Crippen molar-refractivity contribution in [3.8, 4) is 0 Å². The molecule has 0 fully saturated rings. The number of carboxylic acid groups (broad SMARTS) is 1. The molecule has 78 valence electrons. The van der Waals surface area contributed by atoms with Crippen molar-refractivity contribution in [2.45, 2.75) is 39.7 Å². The van der Waals surface area contributed by atoms with Crippen molar-refractivity contribution >= 4 is 5.97 Å². The van der Waals surface area contributed by atoms with Crippen LogP contribution in [0.3, 0.4) is 0 Å². The van der Waals surface area contributed by atoms with E-state index in [4.69, 9.17) is 5.11 Å². The minimum atomic E-state index is -0.731. The standard InChI is InChI=1S/C10H16N2O2/c1-3-12-8(2)9(7-11-12)5-4-6-10(13)14/h7H,3-6H2,1-2H3,(H,13,14). The molecule has 14 heavy (non-hydrogen) atoms. The van der Waals surface area contributed by atoms with Gasteiger partial charge in [-0.25, -0.2) is 0 Å². The van der Waals surface area contributed by atoms with Crippen LogP contribution in [0.4, 0.5) is 0 Å². The molecule has 0 aliphatic heterocycles. The Labute approximate surface area is 83.5 Å². The molecule has 1 rings (SSSR count). The molecule has 0 saturated carbocycles. The van der Waals surface area contributed by atoms with Crippen LogP contribution in [0.1, 0.15) is 31.0 Å². The van der Waals surface area contributed by atoms with Crippen LogP contribution >= 0.6 is 0 Å². The Kier molecular flexibility index (Phi) is 3.68. The Morgan fingerprint density at radius 3 is 2.86 bits per heavy atom. The van der Waals surface area contributed by atoms with Gasteiger partial charge in [0.25, 0.3) is 0 Å². The van der Waals surface area contributed by atoms with Crippen molar-refractivity contribution in [3.63, 3.8) is 0 Å². The molecule has 0 aliphatic carbocycles. The van der Waals surface area contributed by atoms with Crippen LogP contribution < -0.4 is 0 Å². The zero-order valence-electron chi connectivity index (χ0n) is 8.66. The lowest BCUT2D eigenvalue weighted by Gasteiger charge is -2.01. The highest BCUT2D eigenvalue weighted by atomic mass is 16.4. The number of aliphatic carboxylic acids is 1. The number of aryl methyl sites for hydroxylation is 2. The molecule has 0 atom stereocenters. The van der Waals surface area contributed by atoms with Crippen LogP contribution in [-0.4, -0.2) is 20.9 Å². The molecule has 0 radical (unpaired) electrons. The second-order valence-electron chi connectivity index (χ2n) is 3.32. The molecule has 0 aliphatic rings. The van der Waals surface area contributed by atoms with E-state index in [1.807, 2.05) is 24.7 Å². The summed E-state index contributed by atoms with van der Waals surface area (Å²) in [6, 6.07) is 0. The Hall–Kier alpha value is -1.32. The van der Waals surface area contributed by atoms with Crippen molar-refractivity contribution in [1.29, 1.82) is 0 Å². The van der Waals surface area contributed by atoms with Gasteiger partial charge in [0, 0.05) is 18.7 Å². The quantitative estimate of drug-likeness (QED) is 0.778. The number of rotatable bonds is 5. The second kappa shape index (κ2) is 4.79. The van der Waals surface area contributed by atoms with Gasteiger partial charge in [-0.3, -0.25) is 9.48 Å². The molecule has 0 saturated heterocycles. The van der Waals surface area contributed by atoms with E-state index in [-0.39, 0.29) is 6.42 Å². The molecule has 0 spiro atoms. The van der Waals surface area contributed by atoms with E-state index < -0.39 is 5.97 Å². The molecule has 0 aromatic carbocycles. The van der Waals surface area contributed by atoms with Gasteiger partial charge in [0.15, 0.2) is 0 Å². The van der Waals surface area contributed by atoms with Gasteiger partial charge in [-0.05, 0) is 32.3 Å². The minimum absolute atomic E-state index is 0.233. The van der Waals surface area contributed by atoms with E-state index in [1.54, 1.807) is 0 Å². The van der Waals surface area contributed by atoms with E-state index >= 15 is 0 Å². The topological polar surface area (TPSA) is 55.1 Å². The molecule has 4 heteroatoms. The van der Waals surface area contributed by atoms with Gasteiger partial charge in [0.1, 0.15) is 0 Å². The smallest absolute Gasteiger partial charge is 0.303 e. The van der Waals surface area contributed by atoms with Crippen LogP contribution in [0.2, 0.25) is 0 Å². The van der Waals surface area contributed by atoms with Crippen molar-refractivity contribution < 1.29 is 9.90 Å². The number of carbonyl (C=O) groups is 1. The van der Waals surface area contributed by atoms with Crippen molar-refractivity contribution in [3.05, 3.63) is 17.5 Å². The molecular weight excluding hydrogens is 180 g/mol. The zero-order valence-corrected chi connectivity index (χ0v) is 8.66. The van der Waals surface area contributed by atoms with E-state index in [2.05, 4.69) is 5.10 Å². The number of carboxylic acids is 1. The Morgan fingerprint density at radius 1 is 1.64 bits per heavy atom. The summed E-state index contributed by atoms with van der Waals surface area (Å²) in [5.74, 6) is -0.731. The van der Waals surface area contributed by atoms with Crippen LogP contribution in [-0.2, 0) is 17.8 Å². The van der Waals surface area contributed by atoms with Crippen molar-refractivity contribution in [1.82, 2.24) is 9.78 Å². The van der Waals surface area contributed by atoms with Gasteiger partial charge in [0.05, 0.1) is 6.20 Å². The lowest BCUT2D eigenvalue weighted by molar-refractivity contribution is -0.137. The summed E-state index contributed by atoms with van der Waals surface area (Å²) in [6.45, 7) is 4.93. The lowest BCUT2D eigenvalue weighted by atomic mass is 10.1. The zero-order chi connectivity index (χ0) is 10.6. The molecule has 4 nitrogen and oxygen atoms in total. The number of aromatic nitrogens is 2. The van der Waals surface area contributed by atoms with Gasteiger partial charge in [0.2, 0.25) is 0 Å². The molecule has 0 bridgehead atoms. The average Bonchev–Trinajstić information content (AvgIpc) is 2.47. The molecule has 0 unspecified atom stereocenters. The van der Waals surface area contributed by atoms with Gasteiger partial charge in [-0.2, -0.15) is 5.10 Å². The molecule has 1 aromatic heterocycles. The predicted octanol–water partition coefficient (Wildman–Crippen LogP) is 1.62. The second-order valence-corrected chi connectivity index (χ2v) is 3.32. The third kappa shape index (κ3) is 2.58. The Balaban J connectivity index is 2.50. The van der Waals surface area contributed by atoms with Crippen LogP contribution in [0, 0.1) is 6.92 Å². The van der Waals surface area contributed by atoms with Crippen LogP contribution in [0.5, 0.6) is 0 Å². The number of nitrogens with zero attached hydrogens (tertiary/aromatic N) is 2. The highest BCUT2D eigenvalue weighted by Crippen LogP contribution is 2.10. The maximum atomic E-state index is 10.3. The van der Waals surface area contributed by atoms with Crippen LogP contribution in [0.25, 0.3) is 0 Å². The maximum Gasteiger partial charge on any atom is 0.303 e. The molecule has 1 N–H and O–H groups in total. The molecular formula is C10H16N2O2. The van der Waals surface area contributed by atoms with Gasteiger partial charge in [-0.1, -0.05) is 0 Å².